The van der Waals surface area contributed by atoms with Crippen molar-refractivity contribution in [3.63, 3.8) is 0 Å². The van der Waals surface area contributed by atoms with E-state index in [-0.39, 0.29) is 0 Å². The highest BCUT2D eigenvalue weighted by atomic mass is 35.5. The van der Waals surface area contributed by atoms with Gasteiger partial charge in [0.25, 0.3) is 0 Å². The van der Waals surface area contributed by atoms with Crippen LogP contribution in [0.25, 0.3) is 0 Å². The number of hydrogen-bond donors (Lipinski definition) is 2. The molecule has 0 saturated heterocycles. The van der Waals surface area contributed by atoms with Crippen LogP contribution in [0.15, 0.2) is 24.3 Å². The predicted octanol–water partition coefficient (Wildman–Crippen LogP) is 5.24. The minimum absolute atomic E-state index is 0.352. The number of aromatic hydroxyl groups is 1. The van der Waals surface area contributed by atoms with Gasteiger partial charge < -0.3 is 10.4 Å². The molecule has 0 saturated carbocycles. The zero-order valence-electron chi connectivity index (χ0n) is 11.7. The SMILES string of the molecule is Cc1cc(Cl)c(NCc2cc(C)c(O)c(C)c2)cc1Cl. The molecule has 2 nitrogen and oxygen atoms in total. The molecule has 0 atom stereocenters. The second kappa shape index (κ2) is 5.94. The van der Waals surface area contributed by atoms with Gasteiger partial charge >= 0.3 is 0 Å². The van der Waals surface area contributed by atoms with Crippen molar-refractivity contribution in [1.29, 1.82) is 0 Å². The summed E-state index contributed by atoms with van der Waals surface area (Å²) in [4.78, 5) is 0. The normalized spacial score (nSPS) is 10.7. The van der Waals surface area contributed by atoms with Gasteiger partial charge in [-0.2, -0.15) is 0 Å². The summed E-state index contributed by atoms with van der Waals surface area (Å²) in [6.45, 7) is 6.33. The van der Waals surface area contributed by atoms with Gasteiger partial charge in [-0.3, -0.25) is 0 Å². The van der Waals surface area contributed by atoms with Crippen molar-refractivity contribution in [3.05, 3.63) is 56.6 Å². The van der Waals surface area contributed by atoms with Gasteiger partial charge in [0.1, 0.15) is 5.75 Å². The monoisotopic (exact) mass is 309 g/mol. The van der Waals surface area contributed by atoms with Crippen molar-refractivity contribution in [2.24, 2.45) is 0 Å². The molecular weight excluding hydrogens is 293 g/mol. The molecule has 0 aliphatic heterocycles. The number of phenols is 1. The van der Waals surface area contributed by atoms with Crippen LogP contribution in [0.2, 0.25) is 10.0 Å². The maximum absolute atomic E-state index is 9.77. The fourth-order valence-electron chi connectivity index (χ4n) is 2.13. The van der Waals surface area contributed by atoms with Crippen LogP contribution in [0, 0.1) is 20.8 Å². The van der Waals surface area contributed by atoms with E-state index in [4.69, 9.17) is 23.2 Å². The van der Waals surface area contributed by atoms with E-state index in [0.717, 1.165) is 27.9 Å². The molecule has 4 heteroatoms. The van der Waals surface area contributed by atoms with E-state index < -0.39 is 0 Å². The van der Waals surface area contributed by atoms with Crippen LogP contribution in [0.1, 0.15) is 22.3 Å². The summed E-state index contributed by atoms with van der Waals surface area (Å²) < 4.78 is 0. The molecule has 2 aromatic rings. The number of hydrogen-bond acceptors (Lipinski definition) is 2. The van der Waals surface area contributed by atoms with Crippen LogP contribution < -0.4 is 5.32 Å². The van der Waals surface area contributed by atoms with E-state index in [2.05, 4.69) is 5.32 Å². The molecule has 0 radical (unpaired) electrons. The molecule has 0 spiro atoms. The zero-order chi connectivity index (χ0) is 14.9. The quantitative estimate of drug-likeness (QED) is 0.813. The van der Waals surface area contributed by atoms with Crippen LogP contribution in [0.4, 0.5) is 5.69 Å². The fraction of sp³-hybridized carbons (Fsp3) is 0.250. The lowest BCUT2D eigenvalue weighted by Crippen LogP contribution is -2.01. The third kappa shape index (κ3) is 3.20. The van der Waals surface area contributed by atoms with Gasteiger partial charge in [0.2, 0.25) is 0 Å². The second-order valence-electron chi connectivity index (χ2n) is 5.01. The molecule has 0 bridgehead atoms. The van der Waals surface area contributed by atoms with Gasteiger partial charge in [-0.25, -0.2) is 0 Å². The van der Waals surface area contributed by atoms with Crippen LogP contribution in [0.3, 0.4) is 0 Å². The highest BCUT2D eigenvalue weighted by molar-refractivity contribution is 6.35. The molecule has 106 valence electrons. The minimum Gasteiger partial charge on any atom is -0.507 e. The van der Waals surface area contributed by atoms with Crippen molar-refractivity contribution in [2.75, 3.05) is 5.32 Å². The molecule has 0 fully saturated rings. The maximum atomic E-state index is 9.77. The maximum Gasteiger partial charge on any atom is 0.121 e. The fourth-order valence-corrected chi connectivity index (χ4v) is 2.58. The first-order chi connectivity index (χ1) is 9.38. The minimum atomic E-state index is 0.352. The summed E-state index contributed by atoms with van der Waals surface area (Å²) in [5.41, 5.74) is 4.60. The van der Waals surface area contributed by atoms with E-state index in [1.165, 1.54) is 0 Å². The highest BCUT2D eigenvalue weighted by Gasteiger charge is 2.06. The van der Waals surface area contributed by atoms with Crippen LogP contribution in [0.5, 0.6) is 5.75 Å². The average Bonchev–Trinajstić information content (AvgIpc) is 2.38. The molecule has 0 aliphatic rings. The van der Waals surface area contributed by atoms with E-state index in [0.29, 0.717) is 22.3 Å². The average molecular weight is 310 g/mol. The van der Waals surface area contributed by atoms with Gasteiger partial charge in [0.05, 0.1) is 10.7 Å². The van der Waals surface area contributed by atoms with E-state index in [1.54, 1.807) is 0 Å². The topological polar surface area (TPSA) is 32.3 Å². The van der Waals surface area contributed by atoms with Gasteiger partial charge in [-0.15, -0.1) is 0 Å². The third-order valence-corrected chi connectivity index (χ3v) is 4.00. The lowest BCUT2D eigenvalue weighted by atomic mass is 10.1. The summed E-state index contributed by atoms with van der Waals surface area (Å²) in [5, 5.41) is 14.4. The third-order valence-electron chi connectivity index (χ3n) is 3.28. The molecule has 0 amide bonds. The summed E-state index contributed by atoms with van der Waals surface area (Å²) in [6.07, 6.45) is 0. The Morgan fingerprint density at radius 2 is 1.50 bits per heavy atom. The first kappa shape index (κ1) is 15.0. The van der Waals surface area contributed by atoms with Crippen molar-refractivity contribution < 1.29 is 5.11 Å². The number of benzene rings is 2. The predicted molar refractivity (Wildman–Crippen MR) is 86.1 cm³/mol. The number of phenolic OH excluding ortho intramolecular Hbond substituents is 1. The summed E-state index contributed by atoms with van der Waals surface area (Å²) in [5.74, 6) is 0.352. The Labute approximate surface area is 129 Å². The van der Waals surface area contributed by atoms with Crippen molar-refractivity contribution in [2.45, 2.75) is 27.3 Å². The molecule has 2 aromatic carbocycles. The van der Waals surface area contributed by atoms with Crippen LogP contribution >= 0.6 is 23.2 Å². The van der Waals surface area contributed by atoms with Gasteiger partial charge in [0.15, 0.2) is 0 Å². The first-order valence-electron chi connectivity index (χ1n) is 6.37. The smallest absolute Gasteiger partial charge is 0.121 e. The largest absolute Gasteiger partial charge is 0.507 e. The molecule has 0 aromatic heterocycles. The van der Waals surface area contributed by atoms with E-state index >= 15 is 0 Å². The van der Waals surface area contributed by atoms with Gasteiger partial charge in [-0.1, -0.05) is 35.3 Å². The summed E-state index contributed by atoms with van der Waals surface area (Å²) >= 11 is 12.3. The molecule has 20 heavy (non-hydrogen) atoms. The number of rotatable bonds is 3. The Morgan fingerprint density at radius 3 is 2.10 bits per heavy atom. The highest BCUT2D eigenvalue weighted by Crippen LogP contribution is 2.29. The Kier molecular flexibility index (Phi) is 4.46. The Bertz CT molecular complexity index is 630. The number of aryl methyl sites for hydroxylation is 3. The number of anilines is 1. The lowest BCUT2D eigenvalue weighted by molar-refractivity contribution is 0.466. The molecule has 2 N–H and O–H groups in total. The van der Waals surface area contributed by atoms with Crippen molar-refractivity contribution >= 4 is 28.9 Å². The standard InChI is InChI=1S/C16H17Cl2NO/c1-9-6-14(18)15(7-13(9)17)19-8-12-4-10(2)16(20)11(3)5-12/h4-7,19-20H,8H2,1-3H3. The molecule has 0 aliphatic carbocycles. The second-order valence-corrected chi connectivity index (χ2v) is 5.83. The van der Waals surface area contributed by atoms with Crippen LogP contribution in [-0.2, 0) is 6.54 Å². The Morgan fingerprint density at radius 1 is 0.900 bits per heavy atom. The number of halogens is 2. The Balaban J connectivity index is 2.19. The van der Waals surface area contributed by atoms with Gasteiger partial charge in [0, 0.05) is 11.6 Å². The van der Waals surface area contributed by atoms with Crippen LogP contribution in [-0.4, -0.2) is 5.11 Å². The summed E-state index contributed by atoms with van der Waals surface area (Å²) in [7, 11) is 0. The summed E-state index contributed by atoms with van der Waals surface area (Å²) in [6, 6.07) is 7.59. The first-order valence-corrected chi connectivity index (χ1v) is 7.12. The molecule has 0 heterocycles. The number of nitrogens with one attached hydrogen (secondary N) is 1. The Hall–Kier alpha value is -1.38. The van der Waals surface area contributed by atoms with Crippen molar-refractivity contribution in [1.82, 2.24) is 0 Å². The molecule has 2 rings (SSSR count). The molecular formula is C16H17Cl2NO. The lowest BCUT2D eigenvalue weighted by Gasteiger charge is -2.12. The zero-order valence-corrected chi connectivity index (χ0v) is 13.2. The van der Waals surface area contributed by atoms with Crippen molar-refractivity contribution in [3.8, 4) is 5.75 Å². The molecule has 0 unspecified atom stereocenters. The van der Waals surface area contributed by atoms with E-state index in [1.807, 2.05) is 45.0 Å². The van der Waals surface area contributed by atoms with E-state index in [9.17, 15) is 5.11 Å². The van der Waals surface area contributed by atoms with Gasteiger partial charge in [-0.05, 0) is 55.2 Å².